The average molecular weight is 457 g/mol. The molecule has 4 rings (SSSR count). The first-order chi connectivity index (χ1) is 13.5. The molecule has 0 bridgehead atoms. The number of fused-ring (bicyclic) bond motifs is 1. The van der Waals surface area contributed by atoms with Gasteiger partial charge in [-0.25, -0.2) is 4.98 Å². The number of carbonyl (C=O) groups excluding carboxylic acids is 1. The maximum atomic E-state index is 12.5. The Morgan fingerprint density at radius 1 is 1.04 bits per heavy atom. The van der Waals surface area contributed by atoms with E-state index in [0.29, 0.717) is 33.9 Å². The highest BCUT2D eigenvalue weighted by Crippen LogP contribution is 2.31. The second-order valence-electron chi connectivity index (χ2n) is 6.34. The van der Waals surface area contributed by atoms with Crippen LogP contribution < -0.4 is 9.64 Å². The molecule has 0 spiro atoms. The summed E-state index contributed by atoms with van der Waals surface area (Å²) >= 11 is 19.6. The van der Waals surface area contributed by atoms with Gasteiger partial charge in [0.05, 0.1) is 15.2 Å². The van der Waals surface area contributed by atoms with Gasteiger partial charge in [-0.05, 0) is 36.4 Å². The van der Waals surface area contributed by atoms with Gasteiger partial charge >= 0.3 is 0 Å². The van der Waals surface area contributed by atoms with Gasteiger partial charge in [-0.15, -0.1) is 0 Å². The predicted octanol–water partition coefficient (Wildman–Crippen LogP) is 4.98. The lowest BCUT2D eigenvalue weighted by atomic mass is 10.3. The van der Waals surface area contributed by atoms with Crippen LogP contribution in [0.4, 0.5) is 5.13 Å². The van der Waals surface area contributed by atoms with Crippen molar-refractivity contribution in [1.29, 1.82) is 0 Å². The molecule has 0 unspecified atom stereocenters. The highest BCUT2D eigenvalue weighted by molar-refractivity contribution is 7.22. The number of amides is 1. The zero-order chi connectivity index (χ0) is 19.7. The smallest absolute Gasteiger partial charge is 0.260 e. The quantitative estimate of drug-likeness (QED) is 0.555. The Bertz CT molecular complexity index is 1020. The summed E-state index contributed by atoms with van der Waals surface area (Å²) in [4.78, 5) is 21.1. The molecule has 5 nitrogen and oxygen atoms in total. The van der Waals surface area contributed by atoms with Crippen molar-refractivity contribution in [3.8, 4) is 5.75 Å². The minimum absolute atomic E-state index is 0.0546. The van der Waals surface area contributed by atoms with Crippen molar-refractivity contribution < 1.29 is 9.53 Å². The van der Waals surface area contributed by atoms with Crippen LogP contribution in [0.5, 0.6) is 5.75 Å². The molecule has 1 aromatic heterocycles. The number of carbonyl (C=O) groups is 1. The van der Waals surface area contributed by atoms with Gasteiger partial charge in [0, 0.05) is 36.2 Å². The van der Waals surface area contributed by atoms with E-state index < -0.39 is 0 Å². The molecular weight excluding hydrogens is 441 g/mol. The van der Waals surface area contributed by atoms with E-state index in [9.17, 15) is 4.79 Å². The van der Waals surface area contributed by atoms with Gasteiger partial charge in [0.15, 0.2) is 11.7 Å². The van der Waals surface area contributed by atoms with Crippen LogP contribution in [0.25, 0.3) is 10.2 Å². The molecule has 0 aliphatic carbocycles. The first kappa shape index (κ1) is 19.6. The Morgan fingerprint density at radius 3 is 2.50 bits per heavy atom. The van der Waals surface area contributed by atoms with Gasteiger partial charge in [0.25, 0.3) is 5.91 Å². The molecule has 0 atom stereocenters. The average Bonchev–Trinajstić information content (AvgIpc) is 3.10. The Hall–Kier alpha value is -1.73. The number of thiazole rings is 1. The fraction of sp³-hybridized carbons (Fsp3) is 0.263. The third kappa shape index (κ3) is 4.30. The molecule has 2 heterocycles. The normalized spacial score (nSPS) is 14.5. The largest absolute Gasteiger partial charge is 0.482 e. The number of piperazine rings is 1. The molecule has 28 heavy (non-hydrogen) atoms. The number of hydrogen-bond acceptors (Lipinski definition) is 5. The van der Waals surface area contributed by atoms with Crippen LogP contribution in [-0.2, 0) is 4.79 Å². The van der Waals surface area contributed by atoms with Gasteiger partial charge in [-0.1, -0.05) is 46.1 Å². The monoisotopic (exact) mass is 455 g/mol. The van der Waals surface area contributed by atoms with E-state index in [-0.39, 0.29) is 12.5 Å². The van der Waals surface area contributed by atoms with E-state index in [0.717, 1.165) is 28.4 Å². The van der Waals surface area contributed by atoms with E-state index in [1.165, 1.54) is 0 Å². The first-order valence-electron chi connectivity index (χ1n) is 8.66. The van der Waals surface area contributed by atoms with Crippen molar-refractivity contribution in [3.63, 3.8) is 0 Å². The zero-order valence-corrected chi connectivity index (χ0v) is 17.8. The van der Waals surface area contributed by atoms with Crippen molar-refractivity contribution in [2.45, 2.75) is 0 Å². The number of aromatic nitrogens is 1. The second-order valence-corrected chi connectivity index (χ2v) is 8.63. The number of rotatable bonds is 4. The van der Waals surface area contributed by atoms with Crippen molar-refractivity contribution in [3.05, 3.63) is 51.5 Å². The van der Waals surface area contributed by atoms with Crippen LogP contribution in [0.2, 0.25) is 15.1 Å². The Kier molecular flexibility index (Phi) is 5.83. The molecule has 1 amide bonds. The highest BCUT2D eigenvalue weighted by Gasteiger charge is 2.23. The maximum Gasteiger partial charge on any atom is 0.260 e. The Balaban J connectivity index is 1.33. The lowest BCUT2D eigenvalue weighted by Gasteiger charge is -2.34. The fourth-order valence-electron chi connectivity index (χ4n) is 2.99. The summed E-state index contributed by atoms with van der Waals surface area (Å²) < 4.78 is 6.62. The lowest BCUT2D eigenvalue weighted by Crippen LogP contribution is -2.50. The van der Waals surface area contributed by atoms with E-state index in [1.807, 2.05) is 18.2 Å². The first-order valence-corrected chi connectivity index (χ1v) is 10.6. The number of halogens is 3. The third-order valence-electron chi connectivity index (χ3n) is 4.49. The third-order valence-corrected chi connectivity index (χ3v) is 6.33. The molecule has 2 aromatic carbocycles. The molecule has 1 aliphatic heterocycles. The van der Waals surface area contributed by atoms with Crippen molar-refractivity contribution in [2.24, 2.45) is 0 Å². The van der Waals surface area contributed by atoms with Crippen molar-refractivity contribution in [2.75, 3.05) is 37.7 Å². The van der Waals surface area contributed by atoms with Crippen LogP contribution in [-0.4, -0.2) is 48.6 Å². The van der Waals surface area contributed by atoms with Crippen LogP contribution in [0, 0.1) is 0 Å². The molecule has 1 fully saturated rings. The van der Waals surface area contributed by atoms with Crippen LogP contribution in [0.1, 0.15) is 0 Å². The van der Waals surface area contributed by atoms with E-state index >= 15 is 0 Å². The lowest BCUT2D eigenvalue weighted by molar-refractivity contribution is -0.133. The molecule has 0 N–H and O–H groups in total. The molecule has 146 valence electrons. The zero-order valence-electron chi connectivity index (χ0n) is 14.7. The van der Waals surface area contributed by atoms with Crippen LogP contribution in [0.15, 0.2) is 36.4 Å². The minimum atomic E-state index is -0.0678. The molecule has 1 aliphatic rings. The van der Waals surface area contributed by atoms with Crippen LogP contribution in [0.3, 0.4) is 0 Å². The topological polar surface area (TPSA) is 45.7 Å². The predicted molar refractivity (Wildman–Crippen MR) is 115 cm³/mol. The summed E-state index contributed by atoms with van der Waals surface area (Å²) in [6.07, 6.45) is 0. The number of benzene rings is 2. The second kappa shape index (κ2) is 8.33. The molecule has 0 saturated carbocycles. The Morgan fingerprint density at radius 2 is 1.75 bits per heavy atom. The van der Waals surface area contributed by atoms with E-state index in [4.69, 9.17) is 39.5 Å². The Labute approximate surface area is 181 Å². The van der Waals surface area contributed by atoms with Gasteiger partial charge in [-0.2, -0.15) is 0 Å². The van der Waals surface area contributed by atoms with Gasteiger partial charge < -0.3 is 14.5 Å². The van der Waals surface area contributed by atoms with E-state index in [2.05, 4.69) is 9.88 Å². The number of anilines is 1. The van der Waals surface area contributed by atoms with Gasteiger partial charge in [0.2, 0.25) is 0 Å². The van der Waals surface area contributed by atoms with Gasteiger partial charge in [0.1, 0.15) is 5.75 Å². The summed E-state index contributed by atoms with van der Waals surface area (Å²) in [5.74, 6) is 0.382. The van der Waals surface area contributed by atoms with Crippen molar-refractivity contribution in [1.82, 2.24) is 9.88 Å². The summed E-state index contributed by atoms with van der Waals surface area (Å²) in [7, 11) is 0. The number of ether oxygens (including phenoxy) is 1. The highest BCUT2D eigenvalue weighted by atomic mass is 35.5. The van der Waals surface area contributed by atoms with Crippen LogP contribution >= 0.6 is 46.1 Å². The number of nitrogens with zero attached hydrogens (tertiary/aromatic N) is 3. The van der Waals surface area contributed by atoms with Crippen molar-refractivity contribution >= 4 is 67.4 Å². The fourth-order valence-corrected chi connectivity index (χ4v) is 4.75. The summed E-state index contributed by atoms with van der Waals surface area (Å²) in [5, 5.41) is 2.57. The van der Waals surface area contributed by atoms with E-state index in [1.54, 1.807) is 34.4 Å². The molecular formula is C19H16Cl3N3O2S. The minimum Gasteiger partial charge on any atom is -0.482 e. The summed E-state index contributed by atoms with van der Waals surface area (Å²) in [6, 6.07) is 10.6. The SMILES string of the molecule is O=C(COc1ccc(Cl)cc1Cl)N1CCN(c2nc3ccc(Cl)cc3s2)CC1. The summed E-state index contributed by atoms with van der Waals surface area (Å²) in [6.45, 7) is 2.63. The molecule has 9 heteroatoms. The summed E-state index contributed by atoms with van der Waals surface area (Å²) in [5.41, 5.74) is 0.941. The maximum absolute atomic E-state index is 12.5. The molecule has 0 radical (unpaired) electrons. The molecule has 3 aromatic rings. The molecule has 1 saturated heterocycles. The van der Waals surface area contributed by atoms with Gasteiger partial charge in [-0.3, -0.25) is 4.79 Å². The standard InChI is InChI=1S/C19H16Cl3N3O2S/c20-12-2-4-16(14(22)9-12)27-11-18(26)24-5-7-25(8-6-24)19-23-15-3-1-13(21)10-17(15)28-19/h1-4,9-10H,5-8,11H2. The number of hydrogen-bond donors (Lipinski definition) is 0.